The Balaban J connectivity index is 1.61. The van der Waals surface area contributed by atoms with Gasteiger partial charge in [-0.2, -0.15) is 0 Å². The Hall–Kier alpha value is -3.15. The maximum atomic E-state index is 4.68. The monoisotopic (exact) mass is 304 g/mol. The zero-order valence-electron chi connectivity index (χ0n) is 12.7. The fourth-order valence-corrected chi connectivity index (χ4v) is 2.54. The summed E-state index contributed by atoms with van der Waals surface area (Å²) in [5.74, 6) is 0.819. The van der Waals surface area contributed by atoms with Crippen molar-refractivity contribution in [1.29, 1.82) is 0 Å². The van der Waals surface area contributed by atoms with Crippen molar-refractivity contribution in [1.82, 2.24) is 23.9 Å². The molecule has 4 rings (SSSR count). The largest absolute Gasteiger partial charge is 0.364 e. The number of fused-ring (bicyclic) bond motifs is 1. The number of hydrogen-bond donors (Lipinski definition) is 1. The number of hydrogen-bond acceptors (Lipinski definition) is 4. The third-order valence-corrected chi connectivity index (χ3v) is 3.64. The summed E-state index contributed by atoms with van der Waals surface area (Å²) in [4.78, 5) is 13.4. The molecule has 0 aliphatic rings. The predicted octanol–water partition coefficient (Wildman–Crippen LogP) is 2.74. The van der Waals surface area contributed by atoms with Crippen LogP contribution in [0.1, 0.15) is 5.69 Å². The van der Waals surface area contributed by atoms with Gasteiger partial charge in [-0.15, -0.1) is 0 Å². The normalized spacial score (nSPS) is 11.0. The molecule has 0 radical (unpaired) electrons. The second-order valence-corrected chi connectivity index (χ2v) is 5.36. The third kappa shape index (κ3) is 2.66. The topological polar surface area (TPSA) is 60.0 Å². The molecule has 4 aromatic rings. The predicted molar refractivity (Wildman–Crippen MR) is 89.0 cm³/mol. The third-order valence-electron chi connectivity index (χ3n) is 3.64. The van der Waals surface area contributed by atoms with Gasteiger partial charge in [0, 0.05) is 19.4 Å². The Morgan fingerprint density at radius 2 is 2.04 bits per heavy atom. The van der Waals surface area contributed by atoms with E-state index in [-0.39, 0.29) is 0 Å². The van der Waals surface area contributed by atoms with Gasteiger partial charge >= 0.3 is 0 Å². The van der Waals surface area contributed by atoms with E-state index < -0.39 is 0 Å². The molecule has 0 aliphatic carbocycles. The summed E-state index contributed by atoms with van der Waals surface area (Å²) in [6, 6.07) is 11.9. The van der Waals surface area contributed by atoms with Gasteiger partial charge in [-0.1, -0.05) is 12.1 Å². The Bertz CT molecular complexity index is 952. The van der Waals surface area contributed by atoms with E-state index in [4.69, 9.17) is 0 Å². The van der Waals surface area contributed by atoms with E-state index in [1.54, 1.807) is 6.33 Å². The van der Waals surface area contributed by atoms with Gasteiger partial charge in [-0.25, -0.2) is 15.0 Å². The lowest BCUT2D eigenvalue weighted by Gasteiger charge is -2.06. The molecule has 0 aromatic carbocycles. The standard InChI is InChI=1S/C17H16N6/c1-22-11-13(20-12-22)9-18-16-6-4-5-14(21-16)15-10-19-17-7-2-3-8-23(15)17/h2-8,10-12H,9H2,1H3,(H,18,21). The van der Waals surface area contributed by atoms with Crippen LogP contribution in [-0.4, -0.2) is 23.9 Å². The fraction of sp³-hybridized carbons (Fsp3) is 0.118. The van der Waals surface area contributed by atoms with Gasteiger partial charge in [-0.3, -0.25) is 4.40 Å². The average molecular weight is 304 g/mol. The highest BCUT2D eigenvalue weighted by molar-refractivity contribution is 5.61. The number of nitrogens with one attached hydrogen (secondary N) is 1. The maximum Gasteiger partial charge on any atom is 0.137 e. The summed E-state index contributed by atoms with van der Waals surface area (Å²) < 4.78 is 3.96. The molecule has 1 N–H and O–H groups in total. The van der Waals surface area contributed by atoms with Crippen LogP contribution < -0.4 is 5.32 Å². The molecule has 0 saturated carbocycles. The van der Waals surface area contributed by atoms with Crippen molar-refractivity contribution in [3.05, 3.63) is 67.0 Å². The van der Waals surface area contributed by atoms with Crippen molar-refractivity contribution in [2.75, 3.05) is 5.32 Å². The van der Waals surface area contributed by atoms with Crippen molar-refractivity contribution in [3.8, 4) is 11.4 Å². The fourth-order valence-electron chi connectivity index (χ4n) is 2.54. The minimum absolute atomic E-state index is 0.643. The minimum Gasteiger partial charge on any atom is -0.364 e. The molecule has 6 nitrogen and oxygen atoms in total. The number of rotatable bonds is 4. The van der Waals surface area contributed by atoms with Crippen LogP contribution in [-0.2, 0) is 13.6 Å². The minimum atomic E-state index is 0.643. The first-order chi connectivity index (χ1) is 11.3. The smallest absolute Gasteiger partial charge is 0.137 e. The number of anilines is 1. The zero-order chi connectivity index (χ0) is 15.6. The van der Waals surface area contributed by atoms with Crippen LogP contribution in [0.3, 0.4) is 0 Å². The summed E-state index contributed by atoms with van der Waals surface area (Å²) in [5.41, 5.74) is 3.75. The van der Waals surface area contributed by atoms with Crippen LogP contribution in [0.25, 0.3) is 17.0 Å². The van der Waals surface area contributed by atoms with E-state index in [0.717, 1.165) is 28.5 Å². The first-order valence-corrected chi connectivity index (χ1v) is 7.40. The highest BCUT2D eigenvalue weighted by Crippen LogP contribution is 2.20. The Labute approximate surface area is 133 Å². The molecule has 0 aliphatic heterocycles. The Morgan fingerprint density at radius 1 is 1.09 bits per heavy atom. The molecule has 4 aromatic heterocycles. The van der Waals surface area contributed by atoms with Gasteiger partial charge < -0.3 is 9.88 Å². The lowest BCUT2D eigenvalue weighted by Crippen LogP contribution is -2.02. The van der Waals surface area contributed by atoms with E-state index >= 15 is 0 Å². The zero-order valence-corrected chi connectivity index (χ0v) is 12.7. The highest BCUT2D eigenvalue weighted by atomic mass is 15.1. The maximum absolute atomic E-state index is 4.68. The summed E-state index contributed by atoms with van der Waals surface area (Å²) in [7, 11) is 1.96. The Morgan fingerprint density at radius 3 is 2.91 bits per heavy atom. The van der Waals surface area contributed by atoms with Gasteiger partial charge in [0.05, 0.1) is 36.2 Å². The van der Waals surface area contributed by atoms with E-state index in [1.807, 2.05) is 71.0 Å². The number of aryl methyl sites for hydroxylation is 1. The number of imidazole rings is 2. The van der Waals surface area contributed by atoms with Gasteiger partial charge in [0.1, 0.15) is 11.5 Å². The summed E-state index contributed by atoms with van der Waals surface area (Å²) in [6.45, 7) is 0.643. The second-order valence-electron chi connectivity index (χ2n) is 5.36. The van der Waals surface area contributed by atoms with Gasteiger partial charge in [0.15, 0.2) is 0 Å². The van der Waals surface area contributed by atoms with Crippen LogP contribution in [0, 0.1) is 0 Å². The van der Waals surface area contributed by atoms with Crippen LogP contribution in [0.4, 0.5) is 5.82 Å². The molecule has 4 heterocycles. The number of nitrogens with zero attached hydrogens (tertiary/aromatic N) is 5. The number of pyridine rings is 2. The van der Waals surface area contributed by atoms with Crippen molar-refractivity contribution in [2.45, 2.75) is 6.54 Å². The van der Waals surface area contributed by atoms with Gasteiger partial charge in [0.2, 0.25) is 0 Å². The summed E-state index contributed by atoms with van der Waals surface area (Å²) in [6.07, 6.45) is 7.62. The quantitative estimate of drug-likeness (QED) is 0.630. The van der Waals surface area contributed by atoms with Gasteiger partial charge in [0.25, 0.3) is 0 Å². The van der Waals surface area contributed by atoms with E-state index in [2.05, 4.69) is 20.3 Å². The molecule has 0 saturated heterocycles. The average Bonchev–Trinajstić information content (AvgIpc) is 3.19. The van der Waals surface area contributed by atoms with E-state index in [9.17, 15) is 0 Å². The molecule has 6 heteroatoms. The molecular formula is C17H16N6. The molecule has 0 atom stereocenters. The van der Waals surface area contributed by atoms with E-state index in [0.29, 0.717) is 6.54 Å². The van der Waals surface area contributed by atoms with Crippen molar-refractivity contribution < 1.29 is 0 Å². The molecule has 23 heavy (non-hydrogen) atoms. The summed E-state index contributed by atoms with van der Waals surface area (Å²) in [5, 5.41) is 3.31. The molecule has 0 amide bonds. The van der Waals surface area contributed by atoms with E-state index in [1.165, 1.54) is 0 Å². The first kappa shape index (κ1) is 13.5. The molecule has 0 bridgehead atoms. The Kier molecular flexibility index (Phi) is 3.27. The summed E-state index contributed by atoms with van der Waals surface area (Å²) >= 11 is 0. The molecule has 0 fully saturated rings. The van der Waals surface area contributed by atoms with Crippen molar-refractivity contribution in [3.63, 3.8) is 0 Å². The molecular weight excluding hydrogens is 288 g/mol. The van der Waals surface area contributed by atoms with Crippen LogP contribution >= 0.6 is 0 Å². The lowest BCUT2D eigenvalue weighted by molar-refractivity contribution is 0.912. The van der Waals surface area contributed by atoms with Crippen LogP contribution in [0.15, 0.2) is 61.3 Å². The van der Waals surface area contributed by atoms with Crippen molar-refractivity contribution in [2.24, 2.45) is 7.05 Å². The highest BCUT2D eigenvalue weighted by Gasteiger charge is 2.07. The molecule has 0 unspecified atom stereocenters. The first-order valence-electron chi connectivity index (χ1n) is 7.40. The lowest BCUT2D eigenvalue weighted by atomic mass is 10.3. The van der Waals surface area contributed by atoms with Gasteiger partial charge in [-0.05, 0) is 24.3 Å². The second kappa shape index (κ2) is 5.57. The number of aromatic nitrogens is 5. The molecule has 0 spiro atoms. The van der Waals surface area contributed by atoms with Crippen LogP contribution in [0.2, 0.25) is 0 Å². The van der Waals surface area contributed by atoms with Crippen molar-refractivity contribution >= 4 is 11.5 Å². The molecule has 114 valence electrons. The SMILES string of the molecule is Cn1cnc(CNc2cccc(-c3cnc4ccccn34)n2)c1. The van der Waals surface area contributed by atoms with Crippen LogP contribution in [0.5, 0.6) is 0 Å².